The largest absolute Gasteiger partial charge is 0.480 e. The predicted molar refractivity (Wildman–Crippen MR) is 81.5 cm³/mol. The number of nitrogen functional groups attached to an aromatic ring is 1. The molecule has 0 saturated carbocycles. The lowest BCUT2D eigenvalue weighted by molar-refractivity contribution is -0.158. The molecule has 3 N–H and O–H groups in total. The third-order valence-corrected chi connectivity index (χ3v) is 3.95. The molecule has 1 atom stereocenters. The van der Waals surface area contributed by atoms with Crippen molar-refractivity contribution in [2.24, 2.45) is 0 Å². The van der Waals surface area contributed by atoms with Crippen molar-refractivity contribution in [1.29, 1.82) is 0 Å². The van der Waals surface area contributed by atoms with Gasteiger partial charge in [-0.25, -0.2) is 4.79 Å². The van der Waals surface area contributed by atoms with E-state index in [4.69, 9.17) is 5.73 Å². The van der Waals surface area contributed by atoms with Crippen LogP contribution in [0.15, 0.2) is 30.3 Å². The van der Waals surface area contributed by atoms with Gasteiger partial charge in [0.2, 0.25) is 5.91 Å². The number of hydrogen-bond donors (Lipinski definition) is 2. The molecule has 1 heterocycles. The molecule has 0 radical (unpaired) electrons. The second-order valence-corrected chi connectivity index (χ2v) is 5.53. The van der Waals surface area contributed by atoms with Gasteiger partial charge in [-0.15, -0.1) is 0 Å². The molecular weight excluding hydrogens is 268 g/mol. The fourth-order valence-electron chi connectivity index (χ4n) is 2.62. The Bertz CT molecular complexity index is 583. The summed E-state index contributed by atoms with van der Waals surface area (Å²) in [6.45, 7) is 2.09. The molecule has 1 aliphatic rings. The molecule has 112 valence electrons. The summed E-state index contributed by atoms with van der Waals surface area (Å²) in [6, 6.07) is 7.18. The third-order valence-electron chi connectivity index (χ3n) is 3.95. The maximum Gasteiger partial charge on any atom is 0.329 e. The Morgan fingerprint density at radius 3 is 2.81 bits per heavy atom. The number of aliphatic carboxylic acids is 1. The smallest absolute Gasteiger partial charge is 0.329 e. The van der Waals surface area contributed by atoms with E-state index in [1.807, 2.05) is 12.1 Å². The Balaban J connectivity index is 2.16. The van der Waals surface area contributed by atoms with Crippen LogP contribution < -0.4 is 5.73 Å². The van der Waals surface area contributed by atoms with Gasteiger partial charge in [-0.2, -0.15) is 0 Å². The van der Waals surface area contributed by atoms with E-state index in [0.29, 0.717) is 18.7 Å². The number of carbonyl (C=O) groups excluding carboxylic acids is 1. The zero-order valence-electron chi connectivity index (χ0n) is 12.1. The van der Waals surface area contributed by atoms with Gasteiger partial charge >= 0.3 is 5.97 Å². The number of carboxylic acids is 1. The highest BCUT2D eigenvalue weighted by Gasteiger charge is 2.43. The minimum atomic E-state index is -1.12. The number of benzene rings is 1. The van der Waals surface area contributed by atoms with Crippen molar-refractivity contribution in [1.82, 2.24) is 4.90 Å². The summed E-state index contributed by atoms with van der Waals surface area (Å²) in [7, 11) is 0. The first kappa shape index (κ1) is 15.1. The van der Waals surface area contributed by atoms with Crippen LogP contribution in [0.2, 0.25) is 0 Å². The van der Waals surface area contributed by atoms with Gasteiger partial charge in [0.1, 0.15) is 5.54 Å². The van der Waals surface area contributed by atoms with Gasteiger partial charge in [-0.3, -0.25) is 4.79 Å². The van der Waals surface area contributed by atoms with Crippen LogP contribution in [-0.2, 0) is 9.59 Å². The topological polar surface area (TPSA) is 83.6 Å². The molecule has 1 aliphatic heterocycles. The summed E-state index contributed by atoms with van der Waals surface area (Å²) in [4.78, 5) is 25.2. The van der Waals surface area contributed by atoms with Crippen molar-refractivity contribution in [2.75, 3.05) is 12.3 Å². The fraction of sp³-hybridized carbons (Fsp3) is 0.375. The average Bonchev–Trinajstić information content (AvgIpc) is 2.45. The number of carboxylic acid groups (broad SMARTS) is 1. The minimum Gasteiger partial charge on any atom is -0.480 e. The Hall–Kier alpha value is -2.30. The first-order chi connectivity index (χ1) is 9.93. The lowest BCUT2D eigenvalue weighted by Crippen LogP contribution is -2.57. The number of piperidine rings is 1. The predicted octanol–water partition coefficient (Wildman–Crippen LogP) is 2.14. The molecule has 2 rings (SSSR count). The van der Waals surface area contributed by atoms with Crippen LogP contribution in [-0.4, -0.2) is 34.0 Å². The quantitative estimate of drug-likeness (QED) is 0.659. The molecule has 1 amide bonds. The second kappa shape index (κ2) is 5.99. The highest BCUT2D eigenvalue weighted by Crippen LogP contribution is 2.28. The summed E-state index contributed by atoms with van der Waals surface area (Å²) >= 11 is 0. The van der Waals surface area contributed by atoms with Gasteiger partial charge < -0.3 is 15.7 Å². The van der Waals surface area contributed by atoms with Gasteiger partial charge in [-0.05, 0) is 50.0 Å². The van der Waals surface area contributed by atoms with E-state index in [1.165, 1.54) is 11.0 Å². The lowest BCUT2D eigenvalue weighted by atomic mass is 9.88. The first-order valence-corrected chi connectivity index (χ1v) is 7.02. The van der Waals surface area contributed by atoms with Crippen LogP contribution >= 0.6 is 0 Å². The Kier molecular flexibility index (Phi) is 4.31. The molecule has 21 heavy (non-hydrogen) atoms. The standard InChI is InChI=1S/C16H20N2O3/c1-16(15(20)21)9-2-3-10-18(16)14(19)8-7-12-5-4-6-13(17)11-12/h4-8,11H,2-3,9-10,17H2,1H3,(H,20,21)/b8-7+. The molecule has 1 fully saturated rings. The molecule has 1 saturated heterocycles. The number of carbonyl (C=O) groups is 2. The van der Waals surface area contributed by atoms with Gasteiger partial charge in [0.15, 0.2) is 0 Å². The number of likely N-dealkylation sites (tertiary alicyclic amines) is 1. The van der Waals surface area contributed by atoms with E-state index in [9.17, 15) is 14.7 Å². The Morgan fingerprint density at radius 1 is 1.38 bits per heavy atom. The maximum absolute atomic E-state index is 12.3. The van der Waals surface area contributed by atoms with Crippen LogP contribution in [0.25, 0.3) is 6.08 Å². The van der Waals surface area contributed by atoms with E-state index in [-0.39, 0.29) is 5.91 Å². The first-order valence-electron chi connectivity index (χ1n) is 7.02. The number of nitrogens with two attached hydrogens (primary N) is 1. The molecule has 0 aromatic heterocycles. The summed E-state index contributed by atoms with van der Waals surface area (Å²) in [5.74, 6) is -1.23. The Morgan fingerprint density at radius 2 is 2.14 bits per heavy atom. The van der Waals surface area contributed by atoms with Crippen LogP contribution in [0.4, 0.5) is 5.69 Å². The van der Waals surface area contributed by atoms with E-state index >= 15 is 0 Å². The number of nitrogens with zero attached hydrogens (tertiary/aromatic N) is 1. The third kappa shape index (κ3) is 3.24. The minimum absolute atomic E-state index is 0.276. The Labute approximate surface area is 124 Å². The molecule has 5 nitrogen and oxygen atoms in total. The highest BCUT2D eigenvalue weighted by molar-refractivity contribution is 5.96. The number of anilines is 1. The molecule has 1 unspecified atom stereocenters. The van der Waals surface area contributed by atoms with E-state index in [1.54, 1.807) is 25.1 Å². The molecular formula is C16H20N2O3. The number of amides is 1. The molecule has 1 aromatic carbocycles. The molecule has 0 bridgehead atoms. The van der Waals surface area contributed by atoms with Crippen LogP contribution in [0.3, 0.4) is 0 Å². The zero-order valence-corrected chi connectivity index (χ0v) is 12.1. The second-order valence-electron chi connectivity index (χ2n) is 5.53. The van der Waals surface area contributed by atoms with E-state index in [2.05, 4.69) is 0 Å². The average molecular weight is 288 g/mol. The highest BCUT2D eigenvalue weighted by atomic mass is 16.4. The monoisotopic (exact) mass is 288 g/mol. The molecule has 0 aliphatic carbocycles. The van der Waals surface area contributed by atoms with Crippen LogP contribution in [0.5, 0.6) is 0 Å². The van der Waals surface area contributed by atoms with E-state index in [0.717, 1.165) is 18.4 Å². The van der Waals surface area contributed by atoms with Crippen molar-refractivity contribution in [3.05, 3.63) is 35.9 Å². The summed E-state index contributed by atoms with van der Waals surface area (Å²) in [5.41, 5.74) is 6.01. The van der Waals surface area contributed by atoms with Gasteiger partial charge in [0.25, 0.3) is 0 Å². The normalized spacial score (nSPS) is 22.4. The van der Waals surface area contributed by atoms with E-state index < -0.39 is 11.5 Å². The molecule has 5 heteroatoms. The number of rotatable bonds is 3. The summed E-state index contributed by atoms with van der Waals surface area (Å²) in [6.07, 6.45) is 5.23. The lowest BCUT2D eigenvalue weighted by Gasteiger charge is -2.41. The summed E-state index contributed by atoms with van der Waals surface area (Å²) < 4.78 is 0. The van der Waals surface area contributed by atoms with Crippen molar-refractivity contribution in [2.45, 2.75) is 31.7 Å². The van der Waals surface area contributed by atoms with Gasteiger partial charge in [0, 0.05) is 18.3 Å². The van der Waals surface area contributed by atoms with Gasteiger partial charge in [0.05, 0.1) is 0 Å². The van der Waals surface area contributed by atoms with Crippen LogP contribution in [0.1, 0.15) is 31.7 Å². The SMILES string of the molecule is CC1(C(=O)O)CCCCN1C(=O)/C=C/c1cccc(N)c1. The number of hydrogen-bond acceptors (Lipinski definition) is 3. The van der Waals surface area contributed by atoms with Crippen molar-refractivity contribution >= 4 is 23.6 Å². The molecule has 1 aromatic rings. The van der Waals surface area contributed by atoms with Crippen molar-refractivity contribution < 1.29 is 14.7 Å². The maximum atomic E-state index is 12.3. The molecule has 0 spiro atoms. The van der Waals surface area contributed by atoms with Crippen molar-refractivity contribution in [3.63, 3.8) is 0 Å². The van der Waals surface area contributed by atoms with Crippen LogP contribution in [0, 0.1) is 0 Å². The fourth-order valence-corrected chi connectivity index (χ4v) is 2.62. The van der Waals surface area contributed by atoms with Gasteiger partial charge in [-0.1, -0.05) is 12.1 Å². The summed E-state index contributed by atoms with van der Waals surface area (Å²) in [5, 5.41) is 9.40. The van der Waals surface area contributed by atoms with Crippen molar-refractivity contribution in [3.8, 4) is 0 Å². The zero-order chi connectivity index (χ0) is 15.5.